The molecule has 0 aromatic heterocycles. The second kappa shape index (κ2) is 9.10. The third-order valence-electron chi connectivity index (χ3n) is 3.34. The van der Waals surface area contributed by atoms with Crippen molar-refractivity contribution in [3.63, 3.8) is 0 Å². The number of halogens is 1. The molecule has 0 saturated heterocycles. The lowest BCUT2D eigenvalue weighted by molar-refractivity contribution is -0.123. The number of rotatable bonds is 7. The van der Waals surface area contributed by atoms with Gasteiger partial charge in [0.1, 0.15) is 0 Å². The van der Waals surface area contributed by atoms with Gasteiger partial charge in [0.15, 0.2) is 18.1 Å². The highest BCUT2D eigenvalue weighted by Crippen LogP contribution is 2.28. The number of anilines is 1. The number of hydrogen-bond acceptors (Lipinski definition) is 4. The molecule has 2 N–H and O–H groups in total. The van der Waals surface area contributed by atoms with Gasteiger partial charge in [0, 0.05) is 22.3 Å². The molecule has 2 rings (SSSR count). The molecule has 0 saturated carbocycles. The van der Waals surface area contributed by atoms with Crippen LogP contribution in [-0.2, 0) is 4.79 Å². The first-order valence-corrected chi connectivity index (χ1v) is 8.44. The van der Waals surface area contributed by atoms with Gasteiger partial charge in [-0.15, -0.1) is 0 Å². The first kappa shape index (κ1) is 19.6. The van der Waals surface area contributed by atoms with Crippen LogP contribution in [0.15, 0.2) is 42.5 Å². The molecule has 2 amide bonds. The van der Waals surface area contributed by atoms with Gasteiger partial charge in [0.05, 0.1) is 7.11 Å². The minimum Gasteiger partial charge on any atom is -0.493 e. The van der Waals surface area contributed by atoms with E-state index in [2.05, 4.69) is 10.6 Å². The van der Waals surface area contributed by atoms with Crippen molar-refractivity contribution in [3.8, 4) is 11.5 Å². The fourth-order valence-electron chi connectivity index (χ4n) is 2.17. The normalized spacial score (nSPS) is 10.3. The summed E-state index contributed by atoms with van der Waals surface area (Å²) in [5.74, 6) is 0.224. The molecule has 0 unspecified atom stereocenters. The highest BCUT2D eigenvalue weighted by Gasteiger charge is 2.13. The van der Waals surface area contributed by atoms with E-state index in [1.54, 1.807) is 42.5 Å². The van der Waals surface area contributed by atoms with Crippen molar-refractivity contribution in [2.45, 2.75) is 19.9 Å². The molecular formula is C19H21ClN2O4. The molecule has 0 aliphatic rings. The summed E-state index contributed by atoms with van der Waals surface area (Å²) in [6.45, 7) is 3.60. The number of carbonyl (C=O) groups is 2. The maximum absolute atomic E-state index is 12.4. The molecule has 2 aromatic rings. The summed E-state index contributed by atoms with van der Waals surface area (Å²) >= 11 is 5.83. The molecule has 0 aliphatic carbocycles. The Morgan fingerprint density at radius 2 is 1.77 bits per heavy atom. The first-order valence-electron chi connectivity index (χ1n) is 8.06. The molecule has 0 radical (unpaired) electrons. The predicted octanol–water partition coefficient (Wildman–Crippen LogP) is 3.50. The molecule has 0 heterocycles. The SMILES string of the molecule is COc1cc(C(=O)Nc2ccc(Cl)cc2)ccc1OCC(=O)NC(C)C. The van der Waals surface area contributed by atoms with Crippen molar-refractivity contribution < 1.29 is 19.1 Å². The largest absolute Gasteiger partial charge is 0.493 e. The van der Waals surface area contributed by atoms with Crippen LogP contribution in [0.1, 0.15) is 24.2 Å². The number of benzene rings is 2. The van der Waals surface area contributed by atoms with Crippen molar-refractivity contribution in [3.05, 3.63) is 53.1 Å². The van der Waals surface area contributed by atoms with E-state index in [0.29, 0.717) is 27.8 Å². The molecule has 26 heavy (non-hydrogen) atoms. The molecular weight excluding hydrogens is 356 g/mol. The maximum atomic E-state index is 12.4. The monoisotopic (exact) mass is 376 g/mol. The second-order valence-electron chi connectivity index (χ2n) is 5.84. The number of nitrogens with one attached hydrogen (secondary N) is 2. The van der Waals surface area contributed by atoms with Crippen LogP contribution >= 0.6 is 11.6 Å². The first-order chi connectivity index (χ1) is 12.4. The van der Waals surface area contributed by atoms with E-state index in [-0.39, 0.29) is 24.5 Å². The molecule has 6 nitrogen and oxygen atoms in total. The average molecular weight is 377 g/mol. The van der Waals surface area contributed by atoms with Gasteiger partial charge in [-0.05, 0) is 56.3 Å². The summed E-state index contributed by atoms with van der Waals surface area (Å²) in [4.78, 5) is 24.0. The third kappa shape index (κ3) is 5.67. The lowest BCUT2D eigenvalue weighted by atomic mass is 10.2. The number of carbonyl (C=O) groups excluding carboxylic acids is 2. The Balaban J connectivity index is 2.05. The topological polar surface area (TPSA) is 76.7 Å². The molecule has 0 bridgehead atoms. The highest BCUT2D eigenvalue weighted by atomic mass is 35.5. The van der Waals surface area contributed by atoms with E-state index in [4.69, 9.17) is 21.1 Å². The summed E-state index contributed by atoms with van der Waals surface area (Å²) < 4.78 is 10.7. The minimum absolute atomic E-state index is 0.0342. The van der Waals surface area contributed by atoms with Crippen LogP contribution in [0.3, 0.4) is 0 Å². The molecule has 7 heteroatoms. The minimum atomic E-state index is -0.297. The van der Waals surface area contributed by atoms with Crippen LogP contribution in [-0.4, -0.2) is 31.6 Å². The van der Waals surface area contributed by atoms with Crippen molar-refractivity contribution in [1.82, 2.24) is 5.32 Å². The fourth-order valence-corrected chi connectivity index (χ4v) is 2.30. The zero-order valence-electron chi connectivity index (χ0n) is 14.8. The standard InChI is InChI=1S/C19H21ClN2O4/c1-12(2)21-18(23)11-26-16-9-4-13(10-17(16)25-3)19(24)22-15-7-5-14(20)6-8-15/h4-10,12H,11H2,1-3H3,(H,21,23)(H,22,24). The summed E-state index contributed by atoms with van der Waals surface area (Å²) in [5.41, 5.74) is 1.03. The number of methoxy groups -OCH3 is 1. The number of amides is 2. The van der Waals surface area contributed by atoms with Gasteiger partial charge < -0.3 is 20.1 Å². The lowest BCUT2D eigenvalue weighted by Crippen LogP contribution is -2.34. The zero-order valence-corrected chi connectivity index (χ0v) is 15.6. The van der Waals surface area contributed by atoms with E-state index in [9.17, 15) is 9.59 Å². The van der Waals surface area contributed by atoms with Gasteiger partial charge in [-0.2, -0.15) is 0 Å². The molecule has 0 aliphatic heterocycles. The van der Waals surface area contributed by atoms with E-state index < -0.39 is 0 Å². The molecule has 0 spiro atoms. The quantitative estimate of drug-likeness (QED) is 0.775. The fraction of sp³-hybridized carbons (Fsp3) is 0.263. The summed E-state index contributed by atoms with van der Waals surface area (Å²) in [6, 6.07) is 11.6. The zero-order chi connectivity index (χ0) is 19.1. The van der Waals surface area contributed by atoms with Crippen LogP contribution in [0, 0.1) is 0 Å². The van der Waals surface area contributed by atoms with Crippen molar-refractivity contribution in [2.24, 2.45) is 0 Å². The summed E-state index contributed by atoms with van der Waals surface area (Å²) in [5, 5.41) is 6.09. The van der Waals surface area contributed by atoms with E-state index in [1.807, 2.05) is 13.8 Å². The summed E-state index contributed by atoms with van der Waals surface area (Å²) in [7, 11) is 1.47. The van der Waals surface area contributed by atoms with Crippen molar-refractivity contribution >= 4 is 29.1 Å². The van der Waals surface area contributed by atoms with Gasteiger partial charge in [-0.25, -0.2) is 0 Å². The third-order valence-corrected chi connectivity index (χ3v) is 3.59. The number of ether oxygens (including phenoxy) is 2. The molecule has 0 fully saturated rings. The van der Waals surface area contributed by atoms with E-state index >= 15 is 0 Å². The molecule has 2 aromatic carbocycles. The predicted molar refractivity (Wildman–Crippen MR) is 101 cm³/mol. The Bertz CT molecular complexity index is 776. The Morgan fingerprint density at radius 1 is 1.08 bits per heavy atom. The van der Waals surface area contributed by atoms with E-state index in [1.165, 1.54) is 7.11 Å². The van der Waals surface area contributed by atoms with Gasteiger partial charge in [0.2, 0.25) is 0 Å². The molecule has 0 atom stereocenters. The van der Waals surface area contributed by atoms with Crippen molar-refractivity contribution in [1.29, 1.82) is 0 Å². The Labute approximate surface area is 157 Å². The Hall–Kier alpha value is -2.73. The smallest absolute Gasteiger partial charge is 0.258 e. The van der Waals surface area contributed by atoms with Crippen LogP contribution in [0.4, 0.5) is 5.69 Å². The highest BCUT2D eigenvalue weighted by molar-refractivity contribution is 6.30. The lowest BCUT2D eigenvalue weighted by Gasteiger charge is -2.13. The molecule has 138 valence electrons. The van der Waals surface area contributed by atoms with Gasteiger partial charge in [-0.1, -0.05) is 11.6 Å². The van der Waals surface area contributed by atoms with Crippen molar-refractivity contribution in [2.75, 3.05) is 19.0 Å². The second-order valence-corrected chi connectivity index (χ2v) is 6.27. The van der Waals surface area contributed by atoms with Crippen LogP contribution in [0.25, 0.3) is 0 Å². The Kier molecular flexibility index (Phi) is 6.86. The maximum Gasteiger partial charge on any atom is 0.258 e. The van der Waals surface area contributed by atoms with Crippen LogP contribution in [0.5, 0.6) is 11.5 Å². The van der Waals surface area contributed by atoms with Crippen LogP contribution < -0.4 is 20.1 Å². The van der Waals surface area contributed by atoms with E-state index in [0.717, 1.165) is 0 Å². The van der Waals surface area contributed by atoms with Gasteiger partial charge in [-0.3, -0.25) is 9.59 Å². The van der Waals surface area contributed by atoms with Gasteiger partial charge >= 0.3 is 0 Å². The summed E-state index contributed by atoms with van der Waals surface area (Å²) in [6.07, 6.45) is 0. The van der Waals surface area contributed by atoms with Crippen LogP contribution in [0.2, 0.25) is 5.02 Å². The van der Waals surface area contributed by atoms with Gasteiger partial charge in [0.25, 0.3) is 11.8 Å². The average Bonchev–Trinajstić information content (AvgIpc) is 2.61. The number of hydrogen-bond donors (Lipinski definition) is 2. The Morgan fingerprint density at radius 3 is 2.38 bits per heavy atom.